The van der Waals surface area contributed by atoms with Crippen LogP contribution in [0, 0.1) is 13.8 Å². The molecule has 3 rings (SSSR count). The van der Waals surface area contributed by atoms with Crippen LogP contribution in [0.15, 0.2) is 24.3 Å². The number of methoxy groups -OCH3 is 1. The number of carboxylic acid groups (broad SMARTS) is 1. The summed E-state index contributed by atoms with van der Waals surface area (Å²) in [6.45, 7) is 5.29. The van der Waals surface area contributed by atoms with Gasteiger partial charge in [0.15, 0.2) is 18.1 Å². The van der Waals surface area contributed by atoms with Gasteiger partial charge in [-0.1, -0.05) is 0 Å². The number of carbonyl (C=O) groups is 2. The van der Waals surface area contributed by atoms with Crippen LogP contribution in [-0.4, -0.2) is 47.9 Å². The van der Waals surface area contributed by atoms with Gasteiger partial charge in [0.1, 0.15) is 0 Å². The Hall–Kier alpha value is -2.80. The summed E-state index contributed by atoms with van der Waals surface area (Å²) in [6, 6.07) is 6.16. The third kappa shape index (κ3) is 4.20. The van der Waals surface area contributed by atoms with Crippen molar-refractivity contribution in [2.24, 2.45) is 0 Å². The van der Waals surface area contributed by atoms with E-state index < -0.39 is 5.97 Å². The average molecular weight is 387 g/mol. The maximum absolute atomic E-state index is 12.7. The number of rotatable bonds is 8. The van der Waals surface area contributed by atoms with Crippen molar-refractivity contribution >= 4 is 11.8 Å². The normalized spacial score (nSPS) is 16.2. The molecule has 2 aromatic rings. The Bertz CT molecular complexity index is 879. The van der Waals surface area contributed by atoms with E-state index in [2.05, 4.69) is 4.57 Å². The van der Waals surface area contributed by atoms with E-state index in [0.717, 1.165) is 37.4 Å². The lowest BCUT2D eigenvalue weighted by Crippen LogP contribution is -2.18. The summed E-state index contributed by atoms with van der Waals surface area (Å²) in [6.07, 6.45) is 2.31. The third-order valence-electron chi connectivity index (χ3n) is 5.05. The van der Waals surface area contributed by atoms with Crippen molar-refractivity contribution in [3.05, 3.63) is 46.8 Å². The maximum atomic E-state index is 12.7. The van der Waals surface area contributed by atoms with Crippen molar-refractivity contribution in [1.29, 1.82) is 0 Å². The monoisotopic (exact) mass is 387 g/mol. The molecule has 0 amide bonds. The highest BCUT2D eigenvalue weighted by Crippen LogP contribution is 2.28. The fraction of sp³-hybridized carbons (Fsp3) is 0.429. The first-order valence-corrected chi connectivity index (χ1v) is 9.26. The summed E-state index contributed by atoms with van der Waals surface area (Å²) in [7, 11) is 1.42. The van der Waals surface area contributed by atoms with Gasteiger partial charge in [-0.25, -0.2) is 4.79 Å². The second-order valence-electron chi connectivity index (χ2n) is 6.91. The Morgan fingerprint density at radius 1 is 1.25 bits per heavy atom. The van der Waals surface area contributed by atoms with Gasteiger partial charge in [0.2, 0.25) is 5.78 Å². The molecule has 0 spiro atoms. The molecular formula is C21H25NO6. The van der Waals surface area contributed by atoms with Crippen LogP contribution in [0.4, 0.5) is 0 Å². The zero-order valence-corrected chi connectivity index (χ0v) is 16.4. The number of hydrogen-bond acceptors (Lipinski definition) is 5. The molecule has 1 aliphatic heterocycles. The lowest BCUT2D eigenvalue weighted by Gasteiger charge is -2.15. The van der Waals surface area contributed by atoms with Gasteiger partial charge >= 0.3 is 5.97 Å². The first-order chi connectivity index (χ1) is 13.4. The molecule has 2 heterocycles. The molecule has 1 fully saturated rings. The van der Waals surface area contributed by atoms with Crippen LogP contribution in [0.3, 0.4) is 0 Å². The summed E-state index contributed by atoms with van der Waals surface area (Å²) in [4.78, 5) is 23.8. The molecule has 0 unspecified atom stereocenters. The van der Waals surface area contributed by atoms with E-state index in [1.165, 1.54) is 25.3 Å². The summed E-state index contributed by atoms with van der Waals surface area (Å²) in [5.74, 6) is -0.596. The van der Waals surface area contributed by atoms with E-state index in [1.807, 2.05) is 19.9 Å². The van der Waals surface area contributed by atoms with Gasteiger partial charge < -0.3 is 23.9 Å². The minimum atomic E-state index is -1.06. The molecule has 28 heavy (non-hydrogen) atoms. The number of carbonyl (C=O) groups excluding carboxylic acids is 1. The molecule has 1 N–H and O–H groups in total. The predicted molar refractivity (Wildman–Crippen MR) is 103 cm³/mol. The maximum Gasteiger partial charge on any atom is 0.335 e. The smallest absolute Gasteiger partial charge is 0.335 e. The number of aryl methyl sites for hydroxylation is 1. The van der Waals surface area contributed by atoms with E-state index in [4.69, 9.17) is 19.3 Å². The lowest BCUT2D eigenvalue weighted by atomic mass is 10.1. The summed E-state index contributed by atoms with van der Waals surface area (Å²) >= 11 is 0. The summed E-state index contributed by atoms with van der Waals surface area (Å²) in [5, 5.41) is 9.06. The molecule has 7 heteroatoms. The fourth-order valence-electron chi connectivity index (χ4n) is 3.50. The third-order valence-corrected chi connectivity index (χ3v) is 5.05. The molecule has 0 saturated carbocycles. The summed E-state index contributed by atoms with van der Waals surface area (Å²) in [5.41, 5.74) is 2.62. The Labute approximate surface area is 163 Å². The average Bonchev–Trinajstić information content (AvgIpc) is 3.29. The first-order valence-electron chi connectivity index (χ1n) is 9.26. The molecular weight excluding hydrogens is 362 g/mol. The van der Waals surface area contributed by atoms with Crippen LogP contribution in [0.25, 0.3) is 0 Å². The first kappa shape index (κ1) is 19.9. The largest absolute Gasteiger partial charge is 0.493 e. The van der Waals surface area contributed by atoms with Gasteiger partial charge in [-0.3, -0.25) is 4.79 Å². The minimum absolute atomic E-state index is 0.0909. The number of Topliss-reactive ketones (excluding diaryl/α,β-unsaturated/α-hetero) is 1. The molecule has 1 aromatic carbocycles. The summed E-state index contributed by atoms with van der Waals surface area (Å²) < 4.78 is 18.6. The fourth-order valence-corrected chi connectivity index (χ4v) is 3.50. The van der Waals surface area contributed by atoms with Crippen molar-refractivity contribution in [3.63, 3.8) is 0 Å². The highest BCUT2D eigenvalue weighted by atomic mass is 16.5. The standard InChI is InChI=1S/C21H25NO6/c1-13-9-17(14(2)22(13)11-16-5-4-8-27-16)18(23)12-28-19-7-6-15(21(24)25)10-20(19)26-3/h6-7,9-10,16H,4-5,8,11-12H2,1-3H3,(H,24,25)/t16-/m1/s1. The van der Waals surface area contributed by atoms with Crippen LogP contribution in [-0.2, 0) is 11.3 Å². The van der Waals surface area contributed by atoms with E-state index in [1.54, 1.807) is 0 Å². The Morgan fingerprint density at radius 2 is 2.04 bits per heavy atom. The number of carboxylic acids is 1. The minimum Gasteiger partial charge on any atom is -0.493 e. The number of nitrogens with zero attached hydrogens (tertiary/aromatic N) is 1. The van der Waals surface area contributed by atoms with Gasteiger partial charge in [0, 0.05) is 30.1 Å². The molecule has 7 nitrogen and oxygen atoms in total. The van der Waals surface area contributed by atoms with Crippen LogP contribution in [0.2, 0.25) is 0 Å². The van der Waals surface area contributed by atoms with E-state index in [9.17, 15) is 9.59 Å². The van der Waals surface area contributed by atoms with Crippen LogP contribution in [0.1, 0.15) is 44.9 Å². The van der Waals surface area contributed by atoms with Gasteiger partial charge in [0.25, 0.3) is 0 Å². The van der Waals surface area contributed by atoms with Crippen LogP contribution < -0.4 is 9.47 Å². The number of aromatic nitrogens is 1. The second-order valence-corrected chi connectivity index (χ2v) is 6.91. The van der Waals surface area contributed by atoms with E-state index >= 15 is 0 Å². The SMILES string of the molecule is COc1cc(C(=O)O)ccc1OCC(=O)c1cc(C)n(C[C@H]2CCCO2)c1C. The van der Waals surface area contributed by atoms with Crippen molar-refractivity contribution in [3.8, 4) is 11.5 Å². The molecule has 1 atom stereocenters. The topological polar surface area (TPSA) is 87.0 Å². The molecule has 1 saturated heterocycles. The molecule has 150 valence electrons. The highest BCUT2D eigenvalue weighted by Gasteiger charge is 2.21. The van der Waals surface area contributed by atoms with Crippen molar-refractivity contribution < 1.29 is 28.9 Å². The Kier molecular flexibility index (Phi) is 6.04. The van der Waals surface area contributed by atoms with Crippen molar-refractivity contribution in [1.82, 2.24) is 4.57 Å². The Morgan fingerprint density at radius 3 is 2.68 bits per heavy atom. The number of ether oxygens (including phenoxy) is 3. The number of aromatic carboxylic acids is 1. The molecule has 0 bridgehead atoms. The zero-order valence-electron chi connectivity index (χ0n) is 16.4. The number of ketones is 1. The Balaban J connectivity index is 1.71. The molecule has 1 aliphatic rings. The molecule has 1 aromatic heterocycles. The lowest BCUT2D eigenvalue weighted by molar-refractivity contribution is 0.0695. The number of hydrogen-bond donors (Lipinski definition) is 1. The van der Waals surface area contributed by atoms with E-state index in [-0.39, 0.29) is 29.8 Å². The quantitative estimate of drug-likeness (QED) is 0.700. The van der Waals surface area contributed by atoms with Crippen LogP contribution >= 0.6 is 0 Å². The van der Waals surface area contributed by atoms with Gasteiger partial charge in [-0.15, -0.1) is 0 Å². The zero-order chi connectivity index (χ0) is 20.3. The van der Waals surface area contributed by atoms with Crippen molar-refractivity contribution in [2.75, 3.05) is 20.3 Å². The van der Waals surface area contributed by atoms with Gasteiger partial charge in [-0.2, -0.15) is 0 Å². The molecule has 0 aliphatic carbocycles. The van der Waals surface area contributed by atoms with E-state index in [0.29, 0.717) is 11.3 Å². The van der Waals surface area contributed by atoms with Gasteiger partial charge in [-0.05, 0) is 51.0 Å². The molecule has 0 radical (unpaired) electrons. The predicted octanol–water partition coefficient (Wildman–Crippen LogP) is 3.25. The highest BCUT2D eigenvalue weighted by molar-refractivity contribution is 5.98. The van der Waals surface area contributed by atoms with Crippen molar-refractivity contribution in [2.45, 2.75) is 39.3 Å². The van der Waals surface area contributed by atoms with Crippen LogP contribution in [0.5, 0.6) is 11.5 Å². The number of benzene rings is 1. The second kappa shape index (κ2) is 8.48. The van der Waals surface area contributed by atoms with Gasteiger partial charge in [0.05, 0.1) is 18.8 Å².